The molecule has 354 valence electrons. The second-order valence-electron chi connectivity index (χ2n) is 17.4. The van der Waals surface area contributed by atoms with Crippen molar-refractivity contribution in [3.63, 3.8) is 0 Å². The fourth-order valence-corrected chi connectivity index (χ4v) is 8.98. The third kappa shape index (κ3) is 14.7. The van der Waals surface area contributed by atoms with Gasteiger partial charge in [-0.2, -0.15) is 0 Å². The lowest BCUT2D eigenvalue weighted by molar-refractivity contribution is -0.163. The molecule has 3 aliphatic rings. The van der Waals surface area contributed by atoms with Crippen LogP contribution in [-0.2, 0) is 34.0 Å². The van der Waals surface area contributed by atoms with Gasteiger partial charge >= 0.3 is 11.9 Å². The van der Waals surface area contributed by atoms with Crippen molar-refractivity contribution in [2.45, 2.75) is 135 Å². The van der Waals surface area contributed by atoms with E-state index in [0.717, 1.165) is 150 Å². The summed E-state index contributed by atoms with van der Waals surface area (Å²) >= 11 is 0. The van der Waals surface area contributed by atoms with E-state index in [9.17, 15) is 9.59 Å². The van der Waals surface area contributed by atoms with Crippen molar-refractivity contribution in [3.8, 4) is 57.8 Å². The van der Waals surface area contributed by atoms with Crippen LogP contribution in [0.5, 0.6) is 23.0 Å². The lowest BCUT2D eigenvalue weighted by Gasteiger charge is -2.30. The van der Waals surface area contributed by atoms with Crippen LogP contribution in [0, 0.1) is 23.7 Å². The predicted molar refractivity (Wildman–Crippen MR) is 258 cm³/mol. The molecule has 2 atom stereocenters. The Morgan fingerprint density at radius 2 is 0.925 bits per heavy atom. The summed E-state index contributed by atoms with van der Waals surface area (Å²) in [6.45, 7) is 8.66. The van der Waals surface area contributed by atoms with Gasteiger partial charge in [0.15, 0.2) is 12.6 Å². The summed E-state index contributed by atoms with van der Waals surface area (Å²) in [6, 6.07) is 26.3. The smallest absolute Gasteiger partial charge is 0.390 e. The van der Waals surface area contributed by atoms with Gasteiger partial charge in [0.05, 0.1) is 13.2 Å². The van der Waals surface area contributed by atoms with Gasteiger partial charge in [-0.15, -0.1) is 0 Å². The first kappa shape index (κ1) is 49.3. The third-order valence-electron chi connectivity index (χ3n) is 12.8. The van der Waals surface area contributed by atoms with Crippen LogP contribution in [0.3, 0.4) is 0 Å². The Balaban J connectivity index is 0.837. The molecule has 2 saturated heterocycles. The highest BCUT2D eigenvalue weighted by molar-refractivity contribution is 5.92. The van der Waals surface area contributed by atoms with Crippen molar-refractivity contribution >= 4 is 11.9 Å². The molecule has 10 nitrogen and oxygen atoms in total. The van der Waals surface area contributed by atoms with Crippen molar-refractivity contribution in [2.75, 3.05) is 39.6 Å². The van der Waals surface area contributed by atoms with Crippen molar-refractivity contribution in [3.05, 3.63) is 107 Å². The number of ether oxygens (including phenoxy) is 8. The molecule has 2 fully saturated rings. The zero-order valence-corrected chi connectivity index (χ0v) is 39.4. The molecule has 67 heavy (non-hydrogen) atoms. The average molecular weight is 911 g/mol. The Labute approximate surface area is 397 Å². The third-order valence-corrected chi connectivity index (χ3v) is 12.8. The molecule has 4 aromatic rings. The monoisotopic (exact) mass is 910 g/mol. The SMILES string of the molecule is CCC1(CC)c2cc(OC(=O)C#Cc3ccc(OCCCCCCOC4CCCCO4)cc3)ccc2-c2ccc(OC(=O)C#Cc3ccc(OCCCCCCOC4CCCCO4)cc3)cc21. The fraction of sp³-hybridized carbons (Fsp3) is 0.474. The second-order valence-corrected chi connectivity index (χ2v) is 17.4. The summed E-state index contributed by atoms with van der Waals surface area (Å²) in [7, 11) is 0. The minimum atomic E-state index is -0.644. The van der Waals surface area contributed by atoms with E-state index < -0.39 is 11.9 Å². The lowest BCUT2D eigenvalue weighted by Crippen LogP contribution is -2.23. The van der Waals surface area contributed by atoms with E-state index in [0.29, 0.717) is 35.8 Å². The van der Waals surface area contributed by atoms with Gasteiger partial charge in [0.1, 0.15) is 23.0 Å². The van der Waals surface area contributed by atoms with Crippen molar-refractivity contribution in [2.24, 2.45) is 0 Å². The lowest BCUT2D eigenvalue weighted by atomic mass is 9.74. The van der Waals surface area contributed by atoms with Crippen LogP contribution < -0.4 is 18.9 Å². The maximum atomic E-state index is 12.9. The maximum Gasteiger partial charge on any atom is 0.390 e. The quantitative estimate of drug-likeness (QED) is 0.0327. The van der Waals surface area contributed by atoms with E-state index in [1.165, 1.54) is 12.8 Å². The molecular weight excluding hydrogens is 845 g/mol. The van der Waals surface area contributed by atoms with E-state index in [1.54, 1.807) is 12.1 Å². The summed E-state index contributed by atoms with van der Waals surface area (Å²) < 4.78 is 46.2. The van der Waals surface area contributed by atoms with Crippen LogP contribution in [0.4, 0.5) is 0 Å². The minimum absolute atomic E-state index is 0.0180. The van der Waals surface area contributed by atoms with Crippen LogP contribution in [0.2, 0.25) is 0 Å². The van der Waals surface area contributed by atoms with E-state index in [2.05, 4.69) is 37.5 Å². The van der Waals surface area contributed by atoms with E-state index >= 15 is 0 Å². The van der Waals surface area contributed by atoms with E-state index in [4.69, 9.17) is 37.9 Å². The van der Waals surface area contributed by atoms with Crippen LogP contribution in [-0.4, -0.2) is 64.2 Å². The molecule has 7 rings (SSSR count). The molecule has 0 saturated carbocycles. The topological polar surface area (TPSA) is 108 Å². The van der Waals surface area contributed by atoms with Gasteiger partial charge in [-0.05, 0) is 185 Å². The fourth-order valence-electron chi connectivity index (χ4n) is 8.98. The Morgan fingerprint density at radius 3 is 1.31 bits per heavy atom. The molecule has 2 aliphatic heterocycles. The Morgan fingerprint density at radius 1 is 0.522 bits per heavy atom. The molecule has 1 aliphatic carbocycles. The molecule has 0 radical (unpaired) electrons. The largest absolute Gasteiger partial charge is 0.494 e. The number of hydrogen-bond donors (Lipinski definition) is 0. The number of rotatable bonds is 22. The van der Waals surface area contributed by atoms with E-state index in [-0.39, 0.29) is 18.0 Å². The Hall–Kier alpha value is -5.62. The van der Waals surface area contributed by atoms with Gasteiger partial charge in [0.25, 0.3) is 0 Å². The van der Waals surface area contributed by atoms with Gasteiger partial charge in [-0.25, -0.2) is 9.59 Å². The van der Waals surface area contributed by atoms with Crippen LogP contribution in [0.15, 0.2) is 84.9 Å². The zero-order valence-electron chi connectivity index (χ0n) is 39.4. The molecule has 4 aromatic carbocycles. The van der Waals surface area contributed by atoms with Gasteiger partial charge in [-0.3, -0.25) is 0 Å². The summed E-state index contributed by atoms with van der Waals surface area (Å²) in [5, 5.41) is 0. The predicted octanol–water partition coefficient (Wildman–Crippen LogP) is 11.7. The van der Waals surface area contributed by atoms with Gasteiger partial charge < -0.3 is 37.9 Å². The summed E-state index contributed by atoms with van der Waals surface area (Å²) in [6.07, 6.45) is 16.5. The first-order valence-electron chi connectivity index (χ1n) is 24.6. The molecule has 0 spiro atoms. The number of benzene rings is 4. The molecule has 0 amide bonds. The molecule has 0 aromatic heterocycles. The summed E-state index contributed by atoms with van der Waals surface area (Å²) in [4.78, 5) is 25.9. The van der Waals surface area contributed by atoms with E-state index in [1.807, 2.05) is 72.8 Å². The normalized spacial score (nSPS) is 16.9. The number of hydrogen-bond acceptors (Lipinski definition) is 10. The molecule has 2 heterocycles. The number of fused-ring (bicyclic) bond motifs is 3. The van der Waals surface area contributed by atoms with Gasteiger partial charge in [-0.1, -0.05) is 50.7 Å². The molecule has 0 N–H and O–H groups in total. The van der Waals surface area contributed by atoms with Crippen molar-refractivity contribution < 1.29 is 47.5 Å². The number of carbonyl (C=O) groups excluding carboxylic acids is 2. The molecular formula is C57H66O10. The Kier molecular flexibility index (Phi) is 19.2. The highest BCUT2D eigenvalue weighted by atomic mass is 16.7. The van der Waals surface area contributed by atoms with Crippen molar-refractivity contribution in [1.29, 1.82) is 0 Å². The number of esters is 2. The molecule has 2 unspecified atom stereocenters. The number of carbonyl (C=O) groups is 2. The number of unbranched alkanes of at least 4 members (excludes halogenated alkanes) is 6. The van der Waals surface area contributed by atoms with Gasteiger partial charge in [0, 0.05) is 54.8 Å². The first-order chi connectivity index (χ1) is 32.9. The summed E-state index contributed by atoms with van der Waals surface area (Å²) in [5.74, 6) is 12.2. The zero-order chi connectivity index (χ0) is 46.5. The maximum absolute atomic E-state index is 12.9. The van der Waals surface area contributed by atoms with Gasteiger partial charge in [0.2, 0.25) is 0 Å². The minimum Gasteiger partial charge on any atom is -0.494 e. The standard InChI is InChI=1S/C57H66O10/c1-3-57(4-2)51-41-47(66-53(58)33-23-43-19-25-45(26-20-43)60-35-11-5-7-13-37-62-55-17-9-15-39-64-55)29-31-49(51)50-32-30-48(42-52(50)57)67-54(59)34-24-44-21-27-46(28-22-44)61-36-12-6-8-14-38-63-56-18-10-16-40-65-56/h19-22,25-32,41-42,55-56H,3-18,35-40H2,1-2H3. The molecule has 0 bridgehead atoms. The Bertz CT molecular complexity index is 2150. The van der Waals surface area contributed by atoms with Crippen LogP contribution in [0.1, 0.15) is 139 Å². The molecule has 10 heteroatoms. The highest BCUT2D eigenvalue weighted by Gasteiger charge is 2.41. The highest BCUT2D eigenvalue weighted by Crippen LogP contribution is 2.54. The first-order valence-corrected chi connectivity index (χ1v) is 24.6. The van der Waals surface area contributed by atoms with Crippen LogP contribution >= 0.6 is 0 Å². The average Bonchev–Trinajstić information content (AvgIpc) is 3.63. The van der Waals surface area contributed by atoms with Crippen LogP contribution in [0.25, 0.3) is 11.1 Å². The second kappa shape index (κ2) is 26.1. The summed E-state index contributed by atoms with van der Waals surface area (Å²) in [5.41, 5.74) is 5.22. The van der Waals surface area contributed by atoms with Crippen molar-refractivity contribution in [1.82, 2.24) is 0 Å².